The van der Waals surface area contributed by atoms with E-state index >= 15 is 0 Å². The zero-order chi connectivity index (χ0) is 26.3. The molecule has 0 saturated carbocycles. The lowest BCUT2D eigenvalue weighted by Gasteiger charge is -2.45. The highest BCUT2D eigenvalue weighted by molar-refractivity contribution is 5.68. The van der Waals surface area contributed by atoms with Crippen molar-refractivity contribution in [2.45, 2.75) is 45.7 Å². The topological polar surface area (TPSA) is 96.4 Å². The smallest absolute Gasteiger partial charge is 0.253 e. The van der Waals surface area contributed by atoms with Gasteiger partial charge in [0.1, 0.15) is 5.82 Å². The molecule has 2 aliphatic heterocycles. The molecule has 0 amide bonds. The standard InChI is InChI=1S/C28H38N8O/c1-19(2)25-23(22-12-20(3)26(37)33(5)16-22)6-7-24(32-25)35-10-8-34(9-11-35)15-21-13-30-27(31-14-21)36-17-28(4,29)18-36/h6-7,12-14,16,19H,8-11,15,17-18,29H2,1-5H3. The molecule has 2 N–H and O–H groups in total. The van der Waals surface area contributed by atoms with E-state index in [9.17, 15) is 4.79 Å². The van der Waals surface area contributed by atoms with Crippen molar-refractivity contribution in [2.24, 2.45) is 12.8 Å². The fourth-order valence-electron chi connectivity index (χ4n) is 5.30. The number of piperazine rings is 1. The molecule has 0 spiro atoms. The van der Waals surface area contributed by atoms with Crippen molar-refractivity contribution in [3.63, 3.8) is 0 Å². The van der Waals surface area contributed by atoms with E-state index in [4.69, 9.17) is 10.7 Å². The lowest BCUT2D eigenvalue weighted by molar-refractivity contribution is 0.248. The summed E-state index contributed by atoms with van der Waals surface area (Å²) < 4.78 is 1.65. The summed E-state index contributed by atoms with van der Waals surface area (Å²) in [6.07, 6.45) is 5.79. The summed E-state index contributed by atoms with van der Waals surface area (Å²) in [5, 5.41) is 0. The molecule has 0 aromatic carbocycles. The molecule has 2 fully saturated rings. The number of nitrogens with two attached hydrogens (primary N) is 1. The Kier molecular flexibility index (Phi) is 6.76. The second kappa shape index (κ2) is 9.87. The number of aromatic nitrogens is 4. The van der Waals surface area contributed by atoms with Gasteiger partial charge in [-0.15, -0.1) is 0 Å². The van der Waals surface area contributed by atoms with Crippen molar-refractivity contribution in [2.75, 3.05) is 49.1 Å². The predicted molar refractivity (Wildman–Crippen MR) is 148 cm³/mol. The van der Waals surface area contributed by atoms with Crippen molar-refractivity contribution in [3.8, 4) is 11.1 Å². The minimum atomic E-state index is -0.132. The lowest BCUT2D eigenvalue weighted by atomic mass is 9.94. The van der Waals surface area contributed by atoms with Crippen molar-refractivity contribution in [1.82, 2.24) is 24.4 Å². The molecule has 2 aliphatic rings. The molecular formula is C28H38N8O. The molecule has 3 aromatic heterocycles. The van der Waals surface area contributed by atoms with Crippen molar-refractivity contribution in [1.29, 1.82) is 0 Å². The average molecular weight is 503 g/mol. The highest BCUT2D eigenvalue weighted by Crippen LogP contribution is 2.30. The van der Waals surface area contributed by atoms with E-state index in [0.717, 1.165) is 85.5 Å². The van der Waals surface area contributed by atoms with Gasteiger partial charge in [0, 0.05) is 99.2 Å². The van der Waals surface area contributed by atoms with Crippen LogP contribution in [0.4, 0.5) is 11.8 Å². The first-order chi connectivity index (χ1) is 17.6. The summed E-state index contributed by atoms with van der Waals surface area (Å²) in [5.74, 6) is 2.05. The van der Waals surface area contributed by atoms with Crippen LogP contribution in [0.2, 0.25) is 0 Å². The van der Waals surface area contributed by atoms with Crippen molar-refractivity contribution in [3.05, 3.63) is 64.0 Å². The summed E-state index contributed by atoms with van der Waals surface area (Å²) in [5.41, 5.74) is 11.1. The Morgan fingerprint density at radius 2 is 1.73 bits per heavy atom. The van der Waals surface area contributed by atoms with E-state index in [2.05, 4.69) is 57.6 Å². The zero-order valence-corrected chi connectivity index (χ0v) is 22.6. The Hall–Kier alpha value is -3.30. The zero-order valence-electron chi connectivity index (χ0n) is 22.6. The second-order valence-electron chi connectivity index (χ2n) is 11.2. The van der Waals surface area contributed by atoms with Gasteiger partial charge in [0.2, 0.25) is 5.95 Å². The molecule has 5 rings (SSSR count). The summed E-state index contributed by atoms with van der Waals surface area (Å²) in [6.45, 7) is 14.5. The first-order valence-electron chi connectivity index (χ1n) is 13.1. The maximum atomic E-state index is 12.2. The third kappa shape index (κ3) is 5.38. The summed E-state index contributed by atoms with van der Waals surface area (Å²) in [4.78, 5) is 33.3. The number of aryl methyl sites for hydroxylation is 2. The Bertz CT molecular complexity index is 1290. The molecule has 2 saturated heterocycles. The number of hydrogen-bond donors (Lipinski definition) is 1. The Morgan fingerprint density at radius 1 is 1.05 bits per heavy atom. The van der Waals surface area contributed by atoms with Gasteiger partial charge in [-0.25, -0.2) is 15.0 Å². The maximum Gasteiger partial charge on any atom is 0.253 e. The molecule has 0 atom stereocenters. The average Bonchev–Trinajstić information content (AvgIpc) is 2.86. The van der Waals surface area contributed by atoms with Crippen LogP contribution in [0.25, 0.3) is 11.1 Å². The van der Waals surface area contributed by atoms with Crippen LogP contribution in [0.5, 0.6) is 0 Å². The van der Waals surface area contributed by atoms with Crippen LogP contribution in [0, 0.1) is 6.92 Å². The van der Waals surface area contributed by atoms with Gasteiger partial charge in [0.05, 0.1) is 5.69 Å². The van der Waals surface area contributed by atoms with Crippen LogP contribution >= 0.6 is 0 Å². The molecule has 37 heavy (non-hydrogen) atoms. The molecule has 3 aromatic rings. The van der Waals surface area contributed by atoms with Gasteiger partial charge < -0.3 is 20.1 Å². The van der Waals surface area contributed by atoms with E-state index in [-0.39, 0.29) is 17.0 Å². The van der Waals surface area contributed by atoms with Crippen molar-refractivity contribution < 1.29 is 0 Å². The molecule has 0 radical (unpaired) electrons. The van der Waals surface area contributed by atoms with Crippen LogP contribution in [0.3, 0.4) is 0 Å². The largest absolute Gasteiger partial charge is 0.354 e. The number of anilines is 2. The molecule has 5 heterocycles. The quantitative estimate of drug-likeness (QED) is 0.549. The summed E-state index contributed by atoms with van der Waals surface area (Å²) in [7, 11) is 1.80. The highest BCUT2D eigenvalue weighted by Gasteiger charge is 2.36. The third-order valence-corrected chi connectivity index (χ3v) is 7.31. The van der Waals surface area contributed by atoms with Gasteiger partial charge in [-0.05, 0) is 38.0 Å². The van der Waals surface area contributed by atoms with Gasteiger partial charge >= 0.3 is 0 Å². The van der Waals surface area contributed by atoms with E-state index in [1.54, 1.807) is 11.6 Å². The molecule has 0 unspecified atom stereocenters. The van der Waals surface area contributed by atoms with Crippen LogP contribution in [-0.2, 0) is 13.6 Å². The maximum absolute atomic E-state index is 12.2. The molecule has 9 nitrogen and oxygen atoms in total. The number of hydrogen-bond acceptors (Lipinski definition) is 8. The first-order valence-corrected chi connectivity index (χ1v) is 13.1. The highest BCUT2D eigenvalue weighted by atomic mass is 16.1. The molecule has 196 valence electrons. The number of rotatable bonds is 6. The molecule has 9 heteroatoms. The third-order valence-electron chi connectivity index (χ3n) is 7.31. The number of nitrogens with zero attached hydrogens (tertiary/aromatic N) is 7. The summed E-state index contributed by atoms with van der Waals surface area (Å²) >= 11 is 0. The van der Waals surface area contributed by atoms with E-state index in [0.29, 0.717) is 0 Å². The van der Waals surface area contributed by atoms with Gasteiger partial charge in [-0.3, -0.25) is 9.69 Å². The van der Waals surface area contributed by atoms with Crippen LogP contribution in [-0.4, -0.2) is 69.2 Å². The second-order valence-corrected chi connectivity index (χ2v) is 11.2. The lowest BCUT2D eigenvalue weighted by Crippen LogP contribution is -2.66. The number of pyridine rings is 2. The van der Waals surface area contributed by atoms with E-state index in [1.807, 2.05) is 31.6 Å². The van der Waals surface area contributed by atoms with E-state index < -0.39 is 0 Å². The fourth-order valence-corrected chi connectivity index (χ4v) is 5.30. The predicted octanol–water partition coefficient (Wildman–Crippen LogP) is 2.53. The SMILES string of the molecule is Cc1cc(-c2ccc(N3CCN(Cc4cnc(N5CC(C)(N)C5)nc4)CC3)nc2C(C)C)cn(C)c1=O. The first kappa shape index (κ1) is 25.4. The van der Waals surface area contributed by atoms with Crippen LogP contribution < -0.4 is 21.1 Å². The minimum absolute atomic E-state index is 0.0371. The Morgan fingerprint density at radius 3 is 2.32 bits per heavy atom. The van der Waals surface area contributed by atoms with Crippen molar-refractivity contribution >= 4 is 11.8 Å². The monoisotopic (exact) mass is 502 g/mol. The van der Waals surface area contributed by atoms with E-state index in [1.165, 1.54) is 0 Å². The molecule has 0 bridgehead atoms. The van der Waals surface area contributed by atoms with Gasteiger partial charge in [0.25, 0.3) is 5.56 Å². The molecular weight excluding hydrogens is 464 g/mol. The van der Waals surface area contributed by atoms with Crippen LogP contribution in [0.1, 0.15) is 43.5 Å². The molecule has 0 aliphatic carbocycles. The fraction of sp³-hybridized carbons (Fsp3) is 0.500. The Labute approximate surface area is 219 Å². The Balaban J connectivity index is 1.23. The van der Waals surface area contributed by atoms with Gasteiger partial charge in [-0.2, -0.15) is 0 Å². The van der Waals surface area contributed by atoms with Crippen LogP contribution in [0.15, 0.2) is 41.6 Å². The van der Waals surface area contributed by atoms with Gasteiger partial charge in [0.15, 0.2) is 0 Å². The normalized spacial score (nSPS) is 17.8. The summed E-state index contributed by atoms with van der Waals surface area (Å²) in [6, 6.07) is 6.25. The minimum Gasteiger partial charge on any atom is -0.354 e. The van der Waals surface area contributed by atoms with Gasteiger partial charge in [-0.1, -0.05) is 13.8 Å².